The van der Waals surface area contributed by atoms with Gasteiger partial charge in [-0.25, -0.2) is 18.5 Å². The highest BCUT2D eigenvalue weighted by Gasteiger charge is 2.21. The van der Waals surface area contributed by atoms with Crippen molar-refractivity contribution in [2.75, 3.05) is 31.2 Å². The maximum absolute atomic E-state index is 11.4. The summed E-state index contributed by atoms with van der Waals surface area (Å²) in [4.78, 5) is 5.98. The molecule has 0 spiro atoms. The molecule has 1 fully saturated rings. The molecule has 1 aromatic rings. The first kappa shape index (κ1) is 15.2. The van der Waals surface area contributed by atoms with Gasteiger partial charge in [-0.05, 0) is 31.7 Å². The Hall–Kier alpha value is -1.18. The largest absolute Gasteiger partial charge is 0.381 e. The molecule has 0 aliphatic carbocycles. The lowest BCUT2D eigenvalue weighted by Gasteiger charge is -2.34. The second-order valence-electron chi connectivity index (χ2n) is 5.01. The number of piperidine rings is 1. The minimum Gasteiger partial charge on any atom is -0.381 e. The highest BCUT2D eigenvalue weighted by atomic mass is 32.2. The topological polar surface area (TPSA) is 85.5 Å². The summed E-state index contributed by atoms with van der Waals surface area (Å²) in [6.45, 7) is 5.24. The minimum atomic E-state index is -3.75. The van der Waals surface area contributed by atoms with Crippen molar-refractivity contribution in [3.8, 4) is 0 Å². The highest BCUT2D eigenvalue weighted by Crippen LogP contribution is 2.24. The third-order valence-corrected chi connectivity index (χ3v) is 4.26. The molecule has 1 aliphatic rings. The molecule has 2 heterocycles. The summed E-state index contributed by atoms with van der Waals surface area (Å²) in [5.41, 5.74) is 0.852. The Morgan fingerprint density at radius 2 is 2.35 bits per heavy atom. The van der Waals surface area contributed by atoms with E-state index in [1.807, 2.05) is 13.0 Å². The molecule has 7 heteroatoms. The van der Waals surface area contributed by atoms with E-state index < -0.39 is 10.0 Å². The van der Waals surface area contributed by atoms with Crippen LogP contribution < -0.4 is 10.0 Å². The van der Waals surface area contributed by atoms with Crippen LogP contribution in [0.25, 0.3) is 0 Å². The van der Waals surface area contributed by atoms with E-state index in [1.54, 1.807) is 6.07 Å². The third-order valence-electron chi connectivity index (χ3n) is 3.45. The van der Waals surface area contributed by atoms with Gasteiger partial charge in [0.15, 0.2) is 5.03 Å². The molecular formula is C13H21N3O3S. The van der Waals surface area contributed by atoms with Crippen molar-refractivity contribution in [2.45, 2.75) is 24.8 Å². The fraction of sp³-hybridized carbons (Fsp3) is 0.615. The van der Waals surface area contributed by atoms with E-state index >= 15 is 0 Å². The maximum Gasteiger partial charge on any atom is 0.255 e. The van der Waals surface area contributed by atoms with Crippen LogP contribution in [0.4, 0.5) is 5.69 Å². The molecule has 20 heavy (non-hydrogen) atoms. The van der Waals surface area contributed by atoms with E-state index in [0.29, 0.717) is 5.92 Å². The summed E-state index contributed by atoms with van der Waals surface area (Å²) in [6, 6.07) is 3.36. The van der Waals surface area contributed by atoms with Gasteiger partial charge in [0.05, 0.1) is 6.61 Å². The Balaban J connectivity index is 2.11. The van der Waals surface area contributed by atoms with Gasteiger partial charge in [-0.15, -0.1) is 0 Å². The molecule has 1 atom stereocenters. The lowest BCUT2D eigenvalue weighted by molar-refractivity contribution is 0.104. The maximum atomic E-state index is 11.4. The Morgan fingerprint density at radius 3 is 3.05 bits per heavy atom. The number of ether oxygens (including phenoxy) is 1. The van der Waals surface area contributed by atoms with Crippen molar-refractivity contribution in [3.63, 3.8) is 0 Å². The Kier molecular flexibility index (Phi) is 4.95. The van der Waals surface area contributed by atoms with Gasteiger partial charge in [-0.1, -0.05) is 0 Å². The third kappa shape index (κ3) is 3.91. The monoisotopic (exact) mass is 299 g/mol. The van der Waals surface area contributed by atoms with Crippen molar-refractivity contribution in [2.24, 2.45) is 11.1 Å². The summed E-state index contributed by atoms with van der Waals surface area (Å²) < 4.78 is 28.2. The molecule has 1 saturated heterocycles. The van der Waals surface area contributed by atoms with Crippen LogP contribution in [0.1, 0.15) is 19.8 Å². The summed E-state index contributed by atoms with van der Waals surface area (Å²) in [5, 5.41) is 5.04. The molecule has 0 radical (unpaired) electrons. The van der Waals surface area contributed by atoms with Crippen LogP contribution in [0, 0.1) is 5.92 Å². The van der Waals surface area contributed by atoms with Gasteiger partial charge in [-0.3, -0.25) is 0 Å². The molecule has 6 nitrogen and oxygen atoms in total. The second kappa shape index (κ2) is 6.51. The van der Waals surface area contributed by atoms with Crippen molar-refractivity contribution in [1.82, 2.24) is 4.98 Å². The summed E-state index contributed by atoms with van der Waals surface area (Å²) >= 11 is 0. The van der Waals surface area contributed by atoms with Crippen LogP contribution in [-0.2, 0) is 14.8 Å². The van der Waals surface area contributed by atoms with Crippen LogP contribution in [-0.4, -0.2) is 39.7 Å². The van der Waals surface area contributed by atoms with Gasteiger partial charge in [0, 0.05) is 37.6 Å². The Morgan fingerprint density at radius 1 is 1.55 bits per heavy atom. The van der Waals surface area contributed by atoms with Crippen molar-refractivity contribution in [3.05, 3.63) is 18.3 Å². The van der Waals surface area contributed by atoms with Crippen LogP contribution in [0.3, 0.4) is 0 Å². The SMILES string of the molecule is CCOCC1CCCN(c2ccnc(S(N)(=O)=O)c2)C1. The fourth-order valence-corrected chi connectivity index (χ4v) is 2.96. The van der Waals surface area contributed by atoms with E-state index in [0.717, 1.165) is 44.8 Å². The molecule has 2 N–H and O–H groups in total. The van der Waals surface area contributed by atoms with Gasteiger partial charge < -0.3 is 9.64 Å². The standard InChI is InChI=1S/C13H21N3O3S/c1-2-19-10-11-4-3-7-16(9-11)12-5-6-15-13(8-12)20(14,17)18/h5-6,8,11H,2-4,7,9-10H2,1H3,(H2,14,17,18). The second-order valence-corrected chi connectivity index (χ2v) is 6.52. The van der Waals surface area contributed by atoms with E-state index in [9.17, 15) is 8.42 Å². The number of sulfonamides is 1. The highest BCUT2D eigenvalue weighted by molar-refractivity contribution is 7.89. The van der Waals surface area contributed by atoms with Gasteiger partial charge in [0.25, 0.3) is 10.0 Å². The fourth-order valence-electron chi connectivity index (χ4n) is 2.47. The molecule has 0 amide bonds. The molecule has 0 saturated carbocycles. The molecule has 1 unspecified atom stereocenters. The normalized spacial score (nSPS) is 20.1. The smallest absolute Gasteiger partial charge is 0.255 e. The van der Waals surface area contributed by atoms with E-state index in [4.69, 9.17) is 9.88 Å². The first-order chi connectivity index (χ1) is 9.50. The lowest BCUT2D eigenvalue weighted by atomic mass is 9.98. The number of nitrogens with zero attached hydrogens (tertiary/aromatic N) is 2. The number of pyridine rings is 1. The summed E-state index contributed by atoms with van der Waals surface area (Å²) in [5.74, 6) is 0.481. The Labute approximate surface area is 120 Å². The van der Waals surface area contributed by atoms with Gasteiger partial charge in [-0.2, -0.15) is 0 Å². The predicted octanol–water partition coefficient (Wildman–Crippen LogP) is 0.982. The van der Waals surface area contributed by atoms with Crippen molar-refractivity contribution >= 4 is 15.7 Å². The van der Waals surface area contributed by atoms with Crippen LogP contribution in [0.2, 0.25) is 0 Å². The summed E-state index contributed by atoms with van der Waals surface area (Å²) in [6.07, 6.45) is 3.70. The first-order valence-corrected chi connectivity index (χ1v) is 8.37. The van der Waals surface area contributed by atoms with E-state index in [2.05, 4.69) is 9.88 Å². The number of anilines is 1. The number of nitrogens with two attached hydrogens (primary N) is 1. The zero-order chi connectivity index (χ0) is 14.6. The Bertz CT molecular complexity index is 548. The number of hydrogen-bond donors (Lipinski definition) is 1. The predicted molar refractivity (Wildman–Crippen MR) is 77.0 cm³/mol. The number of rotatable bonds is 5. The van der Waals surface area contributed by atoms with Crippen LogP contribution in [0.15, 0.2) is 23.4 Å². The lowest BCUT2D eigenvalue weighted by Crippen LogP contribution is -2.37. The van der Waals surface area contributed by atoms with Gasteiger partial charge >= 0.3 is 0 Å². The average molecular weight is 299 g/mol. The minimum absolute atomic E-state index is 0.0815. The van der Waals surface area contributed by atoms with Gasteiger partial charge in [0.2, 0.25) is 0 Å². The average Bonchev–Trinajstić information content (AvgIpc) is 2.45. The molecule has 1 aromatic heterocycles. The molecule has 112 valence electrons. The summed E-state index contributed by atoms with van der Waals surface area (Å²) in [7, 11) is -3.75. The van der Waals surface area contributed by atoms with Crippen LogP contribution >= 0.6 is 0 Å². The molecular weight excluding hydrogens is 278 g/mol. The van der Waals surface area contributed by atoms with Gasteiger partial charge in [0.1, 0.15) is 0 Å². The molecule has 2 rings (SSSR count). The van der Waals surface area contributed by atoms with Crippen molar-refractivity contribution < 1.29 is 13.2 Å². The van der Waals surface area contributed by atoms with Crippen molar-refractivity contribution in [1.29, 1.82) is 0 Å². The quantitative estimate of drug-likeness (QED) is 0.876. The van der Waals surface area contributed by atoms with Crippen LogP contribution in [0.5, 0.6) is 0 Å². The number of hydrogen-bond acceptors (Lipinski definition) is 5. The van der Waals surface area contributed by atoms with E-state index in [-0.39, 0.29) is 5.03 Å². The molecule has 0 aromatic carbocycles. The zero-order valence-corrected chi connectivity index (χ0v) is 12.5. The number of aromatic nitrogens is 1. The molecule has 0 bridgehead atoms. The molecule has 1 aliphatic heterocycles. The number of primary sulfonamides is 1. The zero-order valence-electron chi connectivity index (χ0n) is 11.7. The van der Waals surface area contributed by atoms with E-state index in [1.165, 1.54) is 6.20 Å². The first-order valence-electron chi connectivity index (χ1n) is 6.82.